The zero-order valence-electron chi connectivity index (χ0n) is 14.8. The summed E-state index contributed by atoms with van der Waals surface area (Å²) >= 11 is 2.38. The molecule has 0 spiro atoms. The molecule has 0 saturated carbocycles. The number of nitrogens with one attached hydrogen (secondary N) is 1. The monoisotopic (exact) mass is 478 g/mol. The first-order valence-corrected chi connectivity index (χ1v) is 12.4. The molecule has 0 aromatic heterocycles. The van der Waals surface area contributed by atoms with E-state index in [9.17, 15) is 4.79 Å². The zero-order valence-corrected chi connectivity index (χ0v) is 17.7. The largest absolute Gasteiger partial charge is 0.309 e. The summed E-state index contributed by atoms with van der Waals surface area (Å²) in [4.78, 5) is 12.9. The summed E-state index contributed by atoms with van der Waals surface area (Å²) in [7, 11) is 1.76. The highest BCUT2D eigenvalue weighted by molar-refractivity contribution is 14.2. The number of piperidine rings is 2. The highest BCUT2D eigenvalue weighted by atomic mass is 127. The Labute approximate surface area is 171 Å². The first kappa shape index (κ1) is 18.5. The van der Waals surface area contributed by atoms with Gasteiger partial charge in [-0.05, 0) is 39.2 Å². The minimum absolute atomic E-state index is 0.0949. The average molecular weight is 478 g/mol. The lowest BCUT2D eigenvalue weighted by Gasteiger charge is -2.48. The van der Waals surface area contributed by atoms with Crippen molar-refractivity contribution in [1.29, 1.82) is 0 Å². The Morgan fingerprint density at radius 3 is 2.58 bits per heavy atom. The first-order chi connectivity index (χ1) is 12.7. The van der Waals surface area contributed by atoms with Crippen molar-refractivity contribution in [2.75, 3.05) is 6.54 Å². The Balaban J connectivity index is 1.63. The van der Waals surface area contributed by atoms with Crippen LogP contribution in [-0.2, 0) is 4.79 Å². The van der Waals surface area contributed by atoms with Crippen molar-refractivity contribution in [3.05, 3.63) is 71.3 Å². The van der Waals surface area contributed by atoms with Gasteiger partial charge in [0.05, 0.1) is 6.04 Å². The van der Waals surface area contributed by atoms with E-state index < -0.39 is 0 Å². The zero-order chi connectivity index (χ0) is 18.1. The first-order valence-electron chi connectivity index (χ1n) is 9.12. The number of carbonyl (C=O) groups excluding carboxylic acids is 1. The highest BCUT2D eigenvalue weighted by Crippen LogP contribution is 2.46. The van der Waals surface area contributed by atoms with E-state index in [0.29, 0.717) is 18.2 Å². The molecule has 0 aliphatic carbocycles. The van der Waals surface area contributed by atoms with Crippen LogP contribution in [0.2, 0.25) is 0 Å². The van der Waals surface area contributed by atoms with Crippen LogP contribution >= 0.6 is 30.3 Å². The lowest BCUT2D eigenvalue weighted by atomic mass is 9.77. The summed E-state index contributed by atoms with van der Waals surface area (Å²) in [5.74, 6) is 0.499. The van der Waals surface area contributed by atoms with Crippen LogP contribution in [0.4, 0.5) is 0 Å². The number of ketones is 1. The fourth-order valence-corrected chi connectivity index (χ4v) is 6.75. The molecule has 4 rings (SSSR count). The number of halogens is 1. The van der Waals surface area contributed by atoms with Crippen molar-refractivity contribution in [3.8, 4) is 0 Å². The molecule has 2 heterocycles. The van der Waals surface area contributed by atoms with E-state index in [1.54, 1.807) is 9.12 Å². The van der Waals surface area contributed by atoms with Crippen molar-refractivity contribution in [1.82, 2.24) is 9.62 Å². The second kappa shape index (κ2) is 8.00. The van der Waals surface area contributed by atoms with Crippen LogP contribution in [0.1, 0.15) is 41.6 Å². The predicted octanol–water partition coefficient (Wildman–Crippen LogP) is 5.03. The van der Waals surface area contributed by atoms with Gasteiger partial charge < -0.3 is 5.32 Å². The molecule has 2 aliphatic heterocycles. The summed E-state index contributed by atoms with van der Waals surface area (Å²) in [6, 6.07) is 19.8. The van der Waals surface area contributed by atoms with Crippen molar-refractivity contribution in [2.24, 2.45) is 5.92 Å². The molecule has 0 bridgehead atoms. The number of hydrogen-bond donors (Lipinski definition) is 1. The van der Waals surface area contributed by atoms with Crippen molar-refractivity contribution in [2.45, 2.75) is 37.9 Å². The Morgan fingerprint density at radius 1 is 1.12 bits per heavy atom. The van der Waals surface area contributed by atoms with Gasteiger partial charge in [0.25, 0.3) is 0 Å². The van der Waals surface area contributed by atoms with Crippen molar-refractivity contribution >= 4 is 36.1 Å². The molecule has 1 N–H and O–H groups in total. The minimum atomic E-state index is 0.0949. The molecule has 4 atom stereocenters. The summed E-state index contributed by atoms with van der Waals surface area (Å²) in [5, 5.41) is 3.65. The fourth-order valence-electron chi connectivity index (χ4n) is 4.42. The highest BCUT2D eigenvalue weighted by Gasteiger charge is 2.46. The van der Waals surface area contributed by atoms with Gasteiger partial charge in [-0.25, -0.2) is 4.31 Å². The van der Waals surface area contributed by atoms with Crippen LogP contribution < -0.4 is 5.32 Å². The summed E-state index contributed by atoms with van der Waals surface area (Å²) in [5.41, 5.74) is 3.92. The molecule has 2 aromatic carbocycles. The van der Waals surface area contributed by atoms with Gasteiger partial charge >= 0.3 is 0 Å². The molecule has 5 heteroatoms. The lowest BCUT2D eigenvalue weighted by Crippen LogP contribution is -2.55. The molecule has 2 aliphatic rings. The lowest BCUT2D eigenvalue weighted by molar-refractivity contribution is -0.130. The van der Waals surface area contributed by atoms with Gasteiger partial charge in [0.2, 0.25) is 0 Å². The maximum Gasteiger partial charge on any atom is 0.140 e. The predicted molar refractivity (Wildman–Crippen MR) is 116 cm³/mol. The van der Waals surface area contributed by atoms with Crippen LogP contribution in [0.25, 0.3) is 0 Å². The molecule has 26 heavy (non-hydrogen) atoms. The SMILES string of the molecule is Cc1ccccc1C1C[C@H]2[C@@H](CN1)C(=O)CC(c1ccccc1)N2SI. The smallest absolute Gasteiger partial charge is 0.140 e. The number of hydrogen-bond acceptors (Lipinski definition) is 4. The molecule has 2 fully saturated rings. The van der Waals surface area contributed by atoms with Gasteiger partial charge in [0.1, 0.15) is 5.78 Å². The number of rotatable bonds is 3. The Hall–Kier alpha value is -0.890. The van der Waals surface area contributed by atoms with Gasteiger partial charge in [-0.15, -0.1) is 0 Å². The molecule has 0 amide bonds. The second-order valence-electron chi connectivity index (χ2n) is 7.25. The normalized spacial score (nSPS) is 29.4. The molecule has 3 nitrogen and oxygen atoms in total. The third-order valence-corrected chi connectivity index (χ3v) is 7.85. The number of benzene rings is 2. The fraction of sp³-hybridized carbons (Fsp3) is 0.381. The van der Waals surface area contributed by atoms with E-state index >= 15 is 0 Å². The molecule has 2 saturated heterocycles. The van der Waals surface area contributed by atoms with Crippen molar-refractivity contribution in [3.63, 3.8) is 0 Å². The van der Waals surface area contributed by atoms with Gasteiger partial charge in [0, 0.05) is 52.2 Å². The quantitative estimate of drug-likeness (QED) is 0.496. The molecular weight excluding hydrogens is 455 g/mol. The van der Waals surface area contributed by atoms with Crippen molar-refractivity contribution < 1.29 is 4.79 Å². The summed E-state index contributed by atoms with van der Waals surface area (Å²) in [6.07, 6.45) is 1.58. The Bertz CT molecular complexity index is 785. The Kier molecular flexibility index (Phi) is 5.69. The van der Waals surface area contributed by atoms with Crippen LogP contribution in [-0.4, -0.2) is 22.7 Å². The number of fused-ring (bicyclic) bond motifs is 1. The molecule has 2 aromatic rings. The topological polar surface area (TPSA) is 32.3 Å². The maximum absolute atomic E-state index is 12.9. The van der Waals surface area contributed by atoms with E-state index in [4.69, 9.17) is 0 Å². The molecular formula is C21H23IN2OS. The molecule has 0 radical (unpaired) electrons. The third kappa shape index (κ3) is 3.46. The summed E-state index contributed by atoms with van der Waals surface area (Å²) in [6.45, 7) is 2.95. The van der Waals surface area contributed by atoms with Crippen LogP contribution in [0.3, 0.4) is 0 Å². The van der Waals surface area contributed by atoms with Gasteiger partial charge in [-0.1, -0.05) is 54.6 Å². The summed E-state index contributed by atoms with van der Waals surface area (Å²) < 4.78 is 2.48. The van der Waals surface area contributed by atoms with Gasteiger partial charge in [-0.2, -0.15) is 0 Å². The number of carbonyl (C=O) groups is 1. The standard InChI is InChI=1S/C21H23IN2OS/c1-14-7-5-6-10-16(14)18-11-20-17(13-23-18)21(25)12-19(24(20)26-22)15-8-3-2-4-9-15/h2-10,17-20,23H,11-13H2,1H3/t17-,18?,19?,20+/m1/s1. The number of aryl methyl sites for hydroxylation is 1. The number of nitrogens with zero attached hydrogens (tertiary/aromatic N) is 1. The maximum atomic E-state index is 12.9. The van der Waals surface area contributed by atoms with E-state index in [-0.39, 0.29) is 18.0 Å². The average Bonchev–Trinajstić information content (AvgIpc) is 2.68. The van der Waals surface area contributed by atoms with Gasteiger partial charge in [0.15, 0.2) is 0 Å². The number of Topliss-reactive ketones (excluding diaryl/α,β-unsaturated/α-hetero) is 1. The van der Waals surface area contributed by atoms with E-state index in [1.807, 2.05) is 6.07 Å². The van der Waals surface area contributed by atoms with Gasteiger partial charge in [-0.3, -0.25) is 4.79 Å². The minimum Gasteiger partial charge on any atom is -0.309 e. The molecule has 2 unspecified atom stereocenters. The van der Waals surface area contributed by atoms with Crippen LogP contribution in [0.5, 0.6) is 0 Å². The third-order valence-electron chi connectivity index (χ3n) is 5.80. The molecule has 136 valence electrons. The van der Waals surface area contributed by atoms with Crippen LogP contribution in [0.15, 0.2) is 54.6 Å². The van der Waals surface area contributed by atoms with E-state index in [1.165, 1.54) is 16.7 Å². The second-order valence-corrected chi connectivity index (χ2v) is 8.99. The van der Waals surface area contributed by atoms with E-state index in [0.717, 1.165) is 13.0 Å². The van der Waals surface area contributed by atoms with E-state index in [2.05, 4.69) is 86.3 Å². The van der Waals surface area contributed by atoms with Crippen LogP contribution in [0, 0.1) is 12.8 Å². The Morgan fingerprint density at radius 2 is 1.85 bits per heavy atom.